The Morgan fingerprint density at radius 1 is 1.12 bits per heavy atom. The third-order valence-electron chi connectivity index (χ3n) is 6.93. The van der Waals surface area contributed by atoms with Crippen molar-refractivity contribution in [3.63, 3.8) is 0 Å². The first kappa shape index (κ1) is 24.8. The van der Waals surface area contributed by atoms with E-state index >= 15 is 0 Å². The number of carbonyl (C=O) groups excluding carboxylic acids is 1. The molecule has 0 spiro atoms. The second-order valence-corrected chi connectivity index (χ2v) is 9.14. The van der Waals surface area contributed by atoms with Crippen LogP contribution in [0.25, 0.3) is 33.3 Å². The number of hydrogen-bond acceptors (Lipinski definition) is 5. The molecule has 5 rings (SSSR count). The van der Waals surface area contributed by atoms with E-state index in [0.717, 1.165) is 28.5 Å². The minimum absolute atomic E-state index is 0. The summed E-state index contributed by atoms with van der Waals surface area (Å²) in [5.41, 5.74) is 3.71. The Bertz CT molecular complexity index is 1340. The molecule has 4 aromatic rings. The van der Waals surface area contributed by atoms with Crippen LogP contribution in [0.1, 0.15) is 60.0 Å². The minimum Gasteiger partial charge on any atom is -0.545 e. The monoisotopic (exact) mass is 465 g/mol. The quantitative estimate of drug-likeness (QED) is 0.409. The van der Waals surface area contributed by atoms with Crippen LogP contribution in [-0.4, -0.2) is 17.6 Å². The van der Waals surface area contributed by atoms with Gasteiger partial charge in [0.05, 0.1) is 23.5 Å². The van der Waals surface area contributed by atoms with E-state index < -0.39 is 5.97 Å². The number of furan rings is 1. The summed E-state index contributed by atoms with van der Waals surface area (Å²) in [6.45, 7) is 4.46. The van der Waals surface area contributed by atoms with Gasteiger partial charge in [0.1, 0.15) is 17.0 Å². The molecule has 6 heteroatoms. The van der Waals surface area contributed by atoms with Crippen molar-refractivity contribution in [2.45, 2.75) is 52.4 Å². The molecule has 2 heterocycles. The molecule has 2 aromatic heterocycles. The molecule has 0 atom stereocenters. The van der Waals surface area contributed by atoms with Crippen LogP contribution >= 0.6 is 0 Å². The van der Waals surface area contributed by atoms with Crippen LogP contribution in [0.5, 0.6) is 5.75 Å². The first-order valence-electron chi connectivity index (χ1n) is 11.8. The Morgan fingerprint density at radius 3 is 2.62 bits per heavy atom. The molecule has 1 aliphatic carbocycles. The number of benzene rings is 2. The molecule has 0 aliphatic heterocycles. The van der Waals surface area contributed by atoms with Crippen molar-refractivity contribution in [1.82, 2.24) is 4.98 Å². The van der Waals surface area contributed by atoms with Crippen LogP contribution in [-0.2, 0) is 0 Å². The van der Waals surface area contributed by atoms with Gasteiger partial charge in [-0.05, 0) is 49.9 Å². The maximum absolute atomic E-state index is 12.2. The van der Waals surface area contributed by atoms with Gasteiger partial charge in [0, 0.05) is 16.5 Å². The zero-order chi connectivity index (χ0) is 22.9. The molecule has 0 saturated heterocycles. The molecule has 1 fully saturated rings. The number of rotatable bonds is 6. The van der Waals surface area contributed by atoms with Gasteiger partial charge in [-0.15, -0.1) is 0 Å². The van der Waals surface area contributed by atoms with Gasteiger partial charge in [0.15, 0.2) is 5.76 Å². The predicted octanol–water partition coefficient (Wildman–Crippen LogP) is 2.98. The first-order chi connectivity index (χ1) is 16.0. The van der Waals surface area contributed by atoms with Gasteiger partial charge in [-0.2, -0.15) is 0 Å². The maximum Gasteiger partial charge on any atom is 1.00 e. The smallest absolute Gasteiger partial charge is 0.545 e. The van der Waals surface area contributed by atoms with Gasteiger partial charge >= 0.3 is 29.6 Å². The number of pyridine rings is 1. The third-order valence-corrected chi connectivity index (χ3v) is 6.93. The number of nitrogens with zero attached hydrogens (tertiary/aromatic N) is 1. The largest absolute Gasteiger partial charge is 1.00 e. The van der Waals surface area contributed by atoms with E-state index in [-0.39, 0.29) is 35.1 Å². The molecule has 170 valence electrons. The van der Waals surface area contributed by atoms with Crippen molar-refractivity contribution in [1.29, 1.82) is 0 Å². The van der Waals surface area contributed by atoms with Crippen LogP contribution < -0.4 is 39.4 Å². The number of fused-ring (bicyclic) bond motifs is 2. The fourth-order valence-corrected chi connectivity index (χ4v) is 5.07. The number of ether oxygens (including phenoxy) is 1. The molecule has 34 heavy (non-hydrogen) atoms. The van der Waals surface area contributed by atoms with E-state index in [9.17, 15) is 9.90 Å². The minimum atomic E-state index is -1.25. The maximum atomic E-state index is 12.2. The normalized spacial score (nSPS) is 14.3. The van der Waals surface area contributed by atoms with Crippen LogP contribution in [0, 0.1) is 19.8 Å². The van der Waals surface area contributed by atoms with Crippen molar-refractivity contribution >= 4 is 27.8 Å². The van der Waals surface area contributed by atoms with E-state index in [2.05, 4.69) is 0 Å². The Kier molecular flexibility index (Phi) is 7.66. The summed E-state index contributed by atoms with van der Waals surface area (Å²) >= 11 is 0. The Balaban J connectivity index is 0.00000274. The van der Waals surface area contributed by atoms with Crippen LogP contribution in [0.3, 0.4) is 0 Å². The molecule has 0 unspecified atom stereocenters. The number of hydrogen-bond donors (Lipinski definition) is 0. The molecular weight excluding hydrogens is 437 g/mol. The Labute approximate surface area is 221 Å². The number of carboxylic acid groups (broad SMARTS) is 1. The number of aromatic carboxylic acids is 1. The van der Waals surface area contributed by atoms with E-state index in [4.69, 9.17) is 14.1 Å². The summed E-state index contributed by atoms with van der Waals surface area (Å²) in [6, 6.07) is 13.1. The summed E-state index contributed by atoms with van der Waals surface area (Å²) in [4.78, 5) is 17.1. The number of aromatic nitrogens is 1. The van der Waals surface area contributed by atoms with Crippen molar-refractivity contribution in [2.75, 3.05) is 6.61 Å². The summed E-state index contributed by atoms with van der Waals surface area (Å²) in [5.74, 6) is 0.562. The number of para-hydroxylation sites is 1. The molecule has 5 nitrogen and oxygen atoms in total. The van der Waals surface area contributed by atoms with Gasteiger partial charge in [-0.3, -0.25) is 0 Å². The van der Waals surface area contributed by atoms with Crippen molar-refractivity contribution in [3.8, 4) is 17.2 Å². The topological polar surface area (TPSA) is 75.4 Å². The zero-order valence-electron chi connectivity index (χ0n) is 20.1. The van der Waals surface area contributed by atoms with Crippen molar-refractivity contribution in [2.24, 2.45) is 5.92 Å². The summed E-state index contributed by atoms with van der Waals surface area (Å²) in [7, 11) is 0. The summed E-state index contributed by atoms with van der Waals surface area (Å²) < 4.78 is 12.2. The fourth-order valence-electron chi connectivity index (χ4n) is 5.07. The summed E-state index contributed by atoms with van der Waals surface area (Å²) in [6.07, 6.45) is 7.41. The Hall–Kier alpha value is -2.34. The molecule has 1 saturated carbocycles. The van der Waals surface area contributed by atoms with Gasteiger partial charge in [-0.25, -0.2) is 4.98 Å². The van der Waals surface area contributed by atoms with Gasteiger partial charge in [-0.1, -0.05) is 56.4 Å². The number of aryl methyl sites for hydroxylation is 2. The first-order valence-corrected chi connectivity index (χ1v) is 11.8. The van der Waals surface area contributed by atoms with Crippen LogP contribution in [0.15, 0.2) is 46.9 Å². The van der Waals surface area contributed by atoms with Gasteiger partial charge in [0.25, 0.3) is 0 Å². The third kappa shape index (κ3) is 4.74. The molecule has 0 bridgehead atoms. The average molecular weight is 466 g/mol. The summed E-state index contributed by atoms with van der Waals surface area (Å²) in [5, 5.41) is 13.7. The second kappa shape index (κ2) is 10.5. The molecule has 0 amide bonds. The molecule has 0 N–H and O–H groups in total. The predicted molar refractivity (Wildman–Crippen MR) is 127 cm³/mol. The fraction of sp³-hybridized carbons (Fsp3) is 0.357. The number of carbonyl (C=O) groups is 1. The van der Waals surface area contributed by atoms with E-state index in [1.54, 1.807) is 6.07 Å². The molecule has 0 radical (unpaired) electrons. The van der Waals surface area contributed by atoms with E-state index in [1.165, 1.54) is 32.1 Å². The van der Waals surface area contributed by atoms with Gasteiger partial charge in [0.2, 0.25) is 0 Å². The van der Waals surface area contributed by atoms with E-state index in [1.807, 2.05) is 50.2 Å². The second-order valence-electron chi connectivity index (χ2n) is 9.14. The molecular formula is C28H28NNaO4. The van der Waals surface area contributed by atoms with Crippen LogP contribution in [0.4, 0.5) is 0 Å². The SMILES string of the molecule is Cc1c(-c2cc(C(=O)[O-])c3c(OCCC4CCCCC4)ccc(C)c3n2)oc2ccccc12.[Na+]. The average Bonchev–Trinajstić information content (AvgIpc) is 3.17. The van der Waals surface area contributed by atoms with Crippen molar-refractivity contribution < 1.29 is 48.6 Å². The van der Waals surface area contributed by atoms with Crippen LogP contribution in [0.2, 0.25) is 0 Å². The molecule has 1 aliphatic rings. The van der Waals surface area contributed by atoms with Gasteiger partial charge < -0.3 is 19.1 Å². The van der Waals surface area contributed by atoms with Crippen molar-refractivity contribution in [3.05, 3.63) is 59.2 Å². The Morgan fingerprint density at radius 2 is 1.88 bits per heavy atom. The zero-order valence-corrected chi connectivity index (χ0v) is 22.1. The molecule has 2 aromatic carbocycles. The number of carboxylic acids is 1. The standard InChI is InChI=1S/C28H29NO4.Na/c1-17-12-13-24(32-15-14-19-8-4-3-5-9-19)25-21(28(30)31)16-22(29-26(17)25)27-18(2)20-10-6-7-11-23(20)33-27;/h6-7,10-13,16,19H,3-5,8-9,14-15H2,1-2H3,(H,30,31);/q;+1/p-1. The van der Waals surface area contributed by atoms with E-state index in [0.29, 0.717) is 40.6 Å².